The van der Waals surface area contributed by atoms with Crippen LogP contribution in [0.1, 0.15) is 0 Å². The molecule has 0 saturated heterocycles. The fourth-order valence-electron chi connectivity index (χ4n) is 2.08. The molecule has 0 aliphatic rings. The second kappa shape index (κ2) is 4.78. The smallest absolute Gasteiger partial charge is 0.0942 e. The van der Waals surface area contributed by atoms with Crippen LogP contribution in [0.2, 0.25) is 0 Å². The lowest BCUT2D eigenvalue weighted by atomic mass is 10.1. The Morgan fingerprint density at radius 2 is 1.47 bits per heavy atom. The van der Waals surface area contributed by atoms with Crippen LogP contribution in [-0.2, 0) is 0 Å². The summed E-state index contributed by atoms with van der Waals surface area (Å²) in [4.78, 5) is 1.18. The molecule has 3 rings (SSSR count). The predicted molar refractivity (Wildman–Crippen MR) is 84.0 cm³/mol. The molecule has 3 aromatic rings. The number of anilines is 2. The number of benzene rings is 2. The van der Waals surface area contributed by atoms with E-state index in [0.29, 0.717) is 0 Å². The zero-order chi connectivity index (χ0) is 13.2. The van der Waals surface area contributed by atoms with E-state index in [2.05, 4.69) is 18.2 Å². The lowest BCUT2D eigenvalue weighted by Crippen LogP contribution is -1.86. The van der Waals surface area contributed by atoms with Crippen molar-refractivity contribution in [1.82, 2.24) is 0 Å². The monoisotopic (exact) mass is 266 g/mol. The summed E-state index contributed by atoms with van der Waals surface area (Å²) in [6, 6.07) is 20.2. The minimum Gasteiger partial charge on any atom is -0.399 e. The molecule has 0 aliphatic carbocycles. The second-order valence-corrected chi connectivity index (χ2v) is 5.46. The Kier molecular flexibility index (Phi) is 2.97. The largest absolute Gasteiger partial charge is 0.399 e. The van der Waals surface area contributed by atoms with E-state index in [0.717, 1.165) is 21.8 Å². The Hall–Kier alpha value is -2.26. The van der Waals surface area contributed by atoms with Crippen molar-refractivity contribution in [2.75, 3.05) is 11.5 Å². The molecule has 0 fully saturated rings. The fraction of sp³-hybridized carbons (Fsp3) is 0. The van der Waals surface area contributed by atoms with Crippen LogP contribution in [0.5, 0.6) is 0 Å². The summed E-state index contributed by atoms with van der Waals surface area (Å²) in [7, 11) is 0. The van der Waals surface area contributed by atoms with Gasteiger partial charge in [-0.1, -0.05) is 42.5 Å². The number of hydrogen-bond donors (Lipinski definition) is 2. The number of hydrogen-bond acceptors (Lipinski definition) is 3. The van der Waals surface area contributed by atoms with Crippen LogP contribution < -0.4 is 11.5 Å². The summed E-state index contributed by atoms with van der Waals surface area (Å²) in [5, 5.41) is 0.824. The molecule has 0 bridgehead atoms. The van der Waals surface area contributed by atoms with Gasteiger partial charge in [-0.05, 0) is 29.3 Å². The van der Waals surface area contributed by atoms with Crippen molar-refractivity contribution in [1.29, 1.82) is 0 Å². The van der Waals surface area contributed by atoms with E-state index in [1.807, 2.05) is 42.5 Å². The number of thiophene rings is 1. The third kappa shape index (κ3) is 2.33. The SMILES string of the molecule is Nc1cccc(-c2cc(-c3ccccc3)sc2N)c1. The molecule has 1 heterocycles. The number of nitrogen functional groups attached to an aromatic ring is 2. The van der Waals surface area contributed by atoms with Crippen LogP contribution in [0, 0.1) is 0 Å². The molecule has 0 spiro atoms. The lowest BCUT2D eigenvalue weighted by Gasteiger charge is -2.00. The lowest BCUT2D eigenvalue weighted by molar-refractivity contribution is 1.65. The van der Waals surface area contributed by atoms with Gasteiger partial charge in [0.05, 0.1) is 5.00 Å². The molecule has 0 amide bonds. The Morgan fingerprint density at radius 1 is 0.737 bits per heavy atom. The molecule has 0 aliphatic heterocycles. The van der Waals surface area contributed by atoms with E-state index >= 15 is 0 Å². The first kappa shape index (κ1) is 11.8. The predicted octanol–water partition coefficient (Wildman–Crippen LogP) is 4.25. The minimum absolute atomic E-state index is 0.754. The van der Waals surface area contributed by atoms with Crippen LogP contribution >= 0.6 is 11.3 Å². The second-order valence-electron chi connectivity index (χ2n) is 4.38. The summed E-state index contributed by atoms with van der Waals surface area (Å²) in [5.74, 6) is 0. The van der Waals surface area contributed by atoms with Gasteiger partial charge in [-0.15, -0.1) is 11.3 Å². The van der Waals surface area contributed by atoms with Gasteiger partial charge in [-0.3, -0.25) is 0 Å². The molecule has 3 heteroatoms. The molecule has 4 N–H and O–H groups in total. The first-order chi connectivity index (χ1) is 9.24. The molecule has 0 unspecified atom stereocenters. The van der Waals surface area contributed by atoms with Crippen molar-refractivity contribution in [2.24, 2.45) is 0 Å². The van der Waals surface area contributed by atoms with Gasteiger partial charge >= 0.3 is 0 Å². The van der Waals surface area contributed by atoms with Gasteiger partial charge in [0.25, 0.3) is 0 Å². The zero-order valence-corrected chi connectivity index (χ0v) is 11.2. The summed E-state index contributed by atoms with van der Waals surface area (Å²) < 4.78 is 0. The minimum atomic E-state index is 0.754. The molecule has 1 aromatic heterocycles. The molecule has 2 nitrogen and oxygen atoms in total. The molecule has 94 valence electrons. The molecular weight excluding hydrogens is 252 g/mol. The average molecular weight is 266 g/mol. The van der Waals surface area contributed by atoms with Crippen molar-refractivity contribution >= 4 is 22.0 Å². The Balaban J connectivity index is 2.08. The van der Waals surface area contributed by atoms with Crippen LogP contribution in [0.3, 0.4) is 0 Å². The van der Waals surface area contributed by atoms with E-state index in [1.165, 1.54) is 10.4 Å². The molecular formula is C16H14N2S. The Labute approximate surface area is 116 Å². The molecule has 0 saturated carbocycles. The van der Waals surface area contributed by atoms with Gasteiger partial charge in [0.15, 0.2) is 0 Å². The fourth-order valence-corrected chi connectivity index (χ4v) is 3.04. The van der Waals surface area contributed by atoms with E-state index in [4.69, 9.17) is 11.5 Å². The highest BCUT2D eigenvalue weighted by Crippen LogP contribution is 2.39. The van der Waals surface area contributed by atoms with Gasteiger partial charge in [0.1, 0.15) is 0 Å². The standard InChI is InChI=1S/C16H14N2S/c17-13-8-4-7-12(9-13)14-10-15(19-16(14)18)11-5-2-1-3-6-11/h1-10H,17-18H2. The van der Waals surface area contributed by atoms with Crippen LogP contribution in [-0.4, -0.2) is 0 Å². The number of rotatable bonds is 2. The molecule has 0 atom stereocenters. The van der Waals surface area contributed by atoms with Gasteiger partial charge in [-0.25, -0.2) is 0 Å². The highest BCUT2D eigenvalue weighted by atomic mass is 32.1. The number of nitrogens with two attached hydrogens (primary N) is 2. The topological polar surface area (TPSA) is 52.0 Å². The van der Waals surface area contributed by atoms with Crippen LogP contribution in [0.25, 0.3) is 21.6 Å². The highest BCUT2D eigenvalue weighted by Gasteiger charge is 2.09. The maximum absolute atomic E-state index is 6.14. The van der Waals surface area contributed by atoms with Crippen molar-refractivity contribution < 1.29 is 0 Å². The van der Waals surface area contributed by atoms with E-state index in [1.54, 1.807) is 11.3 Å². The van der Waals surface area contributed by atoms with Gasteiger partial charge in [0.2, 0.25) is 0 Å². The van der Waals surface area contributed by atoms with Gasteiger partial charge < -0.3 is 11.5 Å². The van der Waals surface area contributed by atoms with Crippen molar-refractivity contribution in [3.63, 3.8) is 0 Å². The molecule has 19 heavy (non-hydrogen) atoms. The third-order valence-electron chi connectivity index (χ3n) is 3.02. The summed E-state index contributed by atoms with van der Waals surface area (Å²) in [5.41, 5.74) is 16.0. The summed E-state index contributed by atoms with van der Waals surface area (Å²) in [6.45, 7) is 0. The third-order valence-corrected chi connectivity index (χ3v) is 4.03. The zero-order valence-electron chi connectivity index (χ0n) is 10.3. The van der Waals surface area contributed by atoms with Crippen molar-refractivity contribution in [3.8, 4) is 21.6 Å². The summed E-state index contributed by atoms with van der Waals surface area (Å²) in [6.07, 6.45) is 0. The van der Waals surface area contributed by atoms with E-state index in [-0.39, 0.29) is 0 Å². The van der Waals surface area contributed by atoms with Gasteiger partial charge in [0, 0.05) is 16.1 Å². The maximum Gasteiger partial charge on any atom is 0.0942 e. The Bertz CT molecular complexity index is 702. The van der Waals surface area contributed by atoms with Gasteiger partial charge in [-0.2, -0.15) is 0 Å². The first-order valence-corrected chi connectivity index (χ1v) is 6.86. The van der Waals surface area contributed by atoms with Crippen LogP contribution in [0.4, 0.5) is 10.7 Å². The van der Waals surface area contributed by atoms with E-state index in [9.17, 15) is 0 Å². The Morgan fingerprint density at radius 3 is 2.21 bits per heavy atom. The highest BCUT2D eigenvalue weighted by molar-refractivity contribution is 7.19. The quantitative estimate of drug-likeness (QED) is 0.681. The normalized spacial score (nSPS) is 10.5. The summed E-state index contributed by atoms with van der Waals surface area (Å²) >= 11 is 1.61. The van der Waals surface area contributed by atoms with Crippen molar-refractivity contribution in [3.05, 3.63) is 60.7 Å². The molecule has 0 radical (unpaired) electrons. The first-order valence-electron chi connectivity index (χ1n) is 6.04. The van der Waals surface area contributed by atoms with Crippen LogP contribution in [0.15, 0.2) is 60.7 Å². The van der Waals surface area contributed by atoms with Crippen molar-refractivity contribution in [2.45, 2.75) is 0 Å². The maximum atomic E-state index is 6.14. The van der Waals surface area contributed by atoms with E-state index < -0.39 is 0 Å². The average Bonchev–Trinajstić information content (AvgIpc) is 2.82. The molecule has 2 aromatic carbocycles.